The van der Waals surface area contributed by atoms with Crippen LogP contribution in [0.15, 0.2) is 120 Å². The molecule has 34 heteroatoms. The summed E-state index contributed by atoms with van der Waals surface area (Å²) >= 11 is 0. The quantitative estimate of drug-likeness (QED) is 0.0154. The maximum absolute atomic E-state index is 14.5. The summed E-state index contributed by atoms with van der Waals surface area (Å²) in [5.74, 6) is -2.17. The number of carbonyl (C=O) groups excluding carboxylic acids is 8. The number of Topliss-reactive ketones (excluding diaryl/α,β-unsaturated/α-hetero) is 3. The van der Waals surface area contributed by atoms with Crippen molar-refractivity contribution in [2.75, 3.05) is 114 Å². The number of benzene rings is 2. The van der Waals surface area contributed by atoms with Crippen molar-refractivity contribution in [3.05, 3.63) is 143 Å². The highest BCUT2D eigenvalue weighted by Crippen LogP contribution is 2.36. The molecule has 10 heterocycles. The van der Waals surface area contributed by atoms with E-state index in [1.807, 2.05) is 83.8 Å². The number of anilines is 4. The fourth-order valence-corrected chi connectivity index (χ4v) is 17.4. The molecular weight excluding hydrogens is 1630 g/mol. The minimum atomic E-state index is -1.09. The van der Waals surface area contributed by atoms with Crippen molar-refractivity contribution in [3.8, 4) is 11.3 Å². The first-order chi connectivity index (χ1) is 61.5. The van der Waals surface area contributed by atoms with E-state index in [-0.39, 0.29) is 124 Å². The third-order valence-corrected chi connectivity index (χ3v) is 24.9. The molecule has 5 aliphatic heterocycles. The predicted molar refractivity (Wildman–Crippen MR) is 473 cm³/mol. The van der Waals surface area contributed by atoms with Gasteiger partial charge in [-0.25, -0.2) is 44.2 Å². The van der Waals surface area contributed by atoms with E-state index in [4.69, 9.17) is 54.1 Å². The van der Waals surface area contributed by atoms with Crippen molar-refractivity contribution >= 4 is 93.0 Å². The van der Waals surface area contributed by atoms with Crippen LogP contribution in [0.2, 0.25) is 0 Å². The maximum atomic E-state index is 14.5. The van der Waals surface area contributed by atoms with E-state index in [1.54, 1.807) is 45.5 Å². The number of ether oxygens (including phenoxy) is 7. The van der Waals surface area contributed by atoms with E-state index in [1.165, 1.54) is 29.2 Å². The van der Waals surface area contributed by atoms with Gasteiger partial charge in [0.25, 0.3) is 17.8 Å². The Kier molecular flexibility index (Phi) is 33.4. The van der Waals surface area contributed by atoms with Crippen LogP contribution >= 0.6 is 0 Å². The van der Waals surface area contributed by atoms with Gasteiger partial charge in [-0.1, -0.05) is 75.4 Å². The van der Waals surface area contributed by atoms with Crippen LogP contribution in [-0.4, -0.2) is 242 Å². The number of fused-ring (bicyclic) bond motifs is 6. The zero-order valence-electron chi connectivity index (χ0n) is 73.7. The highest BCUT2D eigenvalue weighted by molar-refractivity contribution is 6.38. The lowest BCUT2D eigenvalue weighted by atomic mass is 9.83. The van der Waals surface area contributed by atoms with Crippen LogP contribution in [0.25, 0.3) is 33.4 Å². The molecule has 9 atom stereocenters. The second-order valence-electron chi connectivity index (χ2n) is 34.2. The van der Waals surface area contributed by atoms with Crippen molar-refractivity contribution in [2.45, 2.75) is 212 Å². The number of esters is 1. The number of methoxy groups -OCH3 is 1. The number of hydrogen-bond acceptors (Lipinski definition) is 29. The molecule has 0 radical (unpaired) electrons. The van der Waals surface area contributed by atoms with E-state index in [0.29, 0.717) is 212 Å². The fourth-order valence-electron chi connectivity index (χ4n) is 17.4. The van der Waals surface area contributed by atoms with E-state index in [9.17, 15) is 43.5 Å². The van der Waals surface area contributed by atoms with Gasteiger partial charge >= 0.3 is 12.1 Å². The van der Waals surface area contributed by atoms with Crippen molar-refractivity contribution in [1.82, 2.24) is 65.1 Å². The van der Waals surface area contributed by atoms with E-state index >= 15 is 0 Å². The van der Waals surface area contributed by atoms with Gasteiger partial charge in [0.05, 0.1) is 81.9 Å². The first-order valence-electron chi connectivity index (χ1n) is 44.7. The highest BCUT2D eigenvalue weighted by atomic mass is 16.6. The van der Waals surface area contributed by atoms with Gasteiger partial charge in [-0.15, -0.1) is 0 Å². The second kappa shape index (κ2) is 45.4. The summed E-state index contributed by atoms with van der Waals surface area (Å²) in [4.78, 5) is 148. The molecule has 3 saturated heterocycles. The number of aliphatic hydroxyl groups is 1. The van der Waals surface area contributed by atoms with Gasteiger partial charge in [0.2, 0.25) is 23.6 Å². The van der Waals surface area contributed by atoms with Crippen LogP contribution < -0.4 is 31.9 Å². The molecule has 127 heavy (non-hydrogen) atoms. The van der Waals surface area contributed by atoms with E-state index < -0.39 is 54.0 Å². The van der Waals surface area contributed by atoms with Gasteiger partial charge in [-0.3, -0.25) is 28.8 Å². The lowest BCUT2D eigenvalue weighted by Gasteiger charge is -2.36. The number of piperazine rings is 1. The monoisotopic (exact) mass is 1750 g/mol. The summed E-state index contributed by atoms with van der Waals surface area (Å²) in [6, 6.07) is 10.9. The van der Waals surface area contributed by atoms with Crippen molar-refractivity contribution in [1.29, 1.82) is 0 Å². The number of aromatic nitrogens is 9. The number of oxazole rings is 1. The molecule has 2 bridgehead atoms. The number of piperidine rings is 1. The van der Waals surface area contributed by atoms with Crippen LogP contribution in [0, 0.1) is 23.7 Å². The lowest BCUT2D eigenvalue weighted by Crippen LogP contribution is -2.54. The molecule has 7 aromatic rings. The number of nitrogens with zero attached hydrogens (tertiary/aromatic N) is 13. The Morgan fingerprint density at radius 3 is 2.17 bits per heavy atom. The lowest BCUT2D eigenvalue weighted by molar-refractivity contribution is -0.167. The third kappa shape index (κ3) is 25.8. The number of nitrogens with two attached hydrogens (primary N) is 2. The number of allylic oxidation sites excluding steroid dienone is 6. The van der Waals surface area contributed by atoms with Gasteiger partial charge in [-0.2, -0.15) is 10.1 Å². The highest BCUT2D eigenvalue weighted by Gasteiger charge is 2.42. The third-order valence-electron chi connectivity index (χ3n) is 24.9. The standard InChI is InChI=1S/C93H121N17O17/c1-58-13-8-7-9-14-59(2)80(120-6)48-71-15-12-17-79(124-71)84(115)88(117)109-31-11-10-16-74(109)89(118)125-72(47-75(111)61(4)44-62(5)77(113)49-76(112)60(3)43-58)26-21-63-19-24-70(25-20-63)126-93(119)101-52-65-50-97-91(98-51-65)106-33-35-107(36-34-106)92-99-53-69(54-100-92)87(116)96-30-38-122-40-42-123-41-39-121-37-29-81(114)108-32-28-66-45-64(18-22-68(66)56-108)55-110-86-82(85(94)102-57-103-86)83(105-110)67-23-27-78-73(46-67)104-90(95)127-78/h7-9,13-14,18,22-23,27,44-46,50-51,53-54,57-58,60-61,63,70-72,74,77,79-80,113H,10-12,15-17,19-21,24-26,28-43,47-49,52,55-56H2,1-6H3,(H2,95,104)(H,96,116)(H,101,119)(H2,94,102,103)/b9-7+,13-8+,59-14+,62-44+/t58-,60-,61-,63-,70-,71?,72-,74+,77+,79?,80+/m1/s1. The number of amides is 4. The smallest absolute Gasteiger partial charge is 0.407 e. The summed E-state index contributed by atoms with van der Waals surface area (Å²) in [6.07, 6.45) is 23.4. The molecule has 1 saturated carbocycles. The van der Waals surface area contributed by atoms with Gasteiger partial charge in [0, 0.05) is 133 Å². The van der Waals surface area contributed by atoms with Crippen LogP contribution in [0.5, 0.6) is 0 Å². The van der Waals surface area contributed by atoms with Crippen LogP contribution in [0.4, 0.5) is 28.5 Å². The number of carbonyl (C=O) groups is 8. The maximum Gasteiger partial charge on any atom is 0.407 e. The van der Waals surface area contributed by atoms with E-state index in [0.717, 1.165) is 35.1 Å². The number of nitrogen functional groups attached to an aromatic ring is 2. The number of hydrogen-bond donors (Lipinski definition) is 5. The van der Waals surface area contributed by atoms with Gasteiger partial charge < -0.3 is 84.4 Å². The molecule has 2 aromatic carbocycles. The number of ketones is 3. The Labute approximate surface area is 739 Å². The Balaban J connectivity index is 0.482. The van der Waals surface area contributed by atoms with Crippen molar-refractivity contribution < 1.29 is 81.0 Å². The Morgan fingerprint density at radius 2 is 1.43 bits per heavy atom. The number of cyclic esters (lactones) is 1. The number of aliphatic hydroxyl groups excluding tert-OH is 1. The molecule has 13 rings (SSSR count). The zero-order valence-corrected chi connectivity index (χ0v) is 73.7. The van der Waals surface area contributed by atoms with Gasteiger partial charge in [-0.05, 0) is 162 Å². The first kappa shape index (κ1) is 93.3. The topological polar surface area (TPSA) is 432 Å². The van der Waals surface area contributed by atoms with Gasteiger partial charge in [0.15, 0.2) is 11.2 Å². The average Bonchev–Trinajstić information content (AvgIpc) is 1.61. The minimum absolute atomic E-state index is 0.0244. The number of rotatable bonds is 25. The average molecular weight is 1750 g/mol. The minimum Gasteiger partial charge on any atom is -0.460 e. The molecule has 2 unspecified atom stereocenters. The molecule has 4 amide bonds. The van der Waals surface area contributed by atoms with Crippen molar-refractivity contribution in [3.63, 3.8) is 0 Å². The van der Waals surface area contributed by atoms with Crippen LogP contribution in [0.3, 0.4) is 0 Å². The van der Waals surface area contributed by atoms with Crippen LogP contribution in [0.1, 0.15) is 176 Å². The molecule has 0 spiro atoms. The molecule has 34 nitrogen and oxygen atoms in total. The molecular formula is C93H121N17O17. The molecule has 680 valence electrons. The Hall–Kier alpha value is -11.3. The number of alkyl carbamates (subject to hydrolysis) is 1. The summed E-state index contributed by atoms with van der Waals surface area (Å²) in [5.41, 5.74) is 21.1. The molecule has 7 N–H and O–H groups in total. The summed E-state index contributed by atoms with van der Waals surface area (Å²) < 4.78 is 48.8. The van der Waals surface area contributed by atoms with Crippen LogP contribution in [-0.2, 0) is 88.0 Å². The predicted octanol–water partition coefficient (Wildman–Crippen LogP) is 9.87. The van der Waals surface area contributed by atoms with Crippen molar-refractivity contribution in [2.24, 2.45) is 23.7 Å². The second-order valence-corrected chi connectivity index (χ2v) is 34.2. The largest absolute Gasteiger partial charge is 0.460 e. The van der Waals surface area contributed by atoms with Gasteiger partial charge in [0.1, 0.15) is 59.3 Å². The molecule has 4 fully saturated rings. The number of nitrogens with one attached hydrogen (secondary N) is 2. The SMILES string of the molecule is CO[C@H]1CC2CCCC(O2)C(=O)C(=O)N2CCCC[C@H]2C(=O)O[C@H](CC[C@H]2CC[C@H](OC(=O)NCc3cnc(N4CCN(c5ncc(C(=O)NCCOCCOCCOCCC(=O)N6CCc7cc(Cn8nc(-c9ccc%10oc(N)nc%10c9)c9c(N)ncnc98)ccc7C6)cn5)CC4)nc3)CC2)CC(=O)[C@H](C)/C=C(\C)[C@@H](O)CC(=O)[C@H](C)C[C@H](C)/C=C/C=C/C=C/1C. The fraction of sp³-hybridized carbons (Fsp3) is 0.548. The summed E-state index contributed by atoms with van der Waals surface area (Å²) in [7, 11) is 1.63. The van der Waals surface area contributed by atoms with E-state index in [2.05, 4.69) is 62.6 Å². The first-order valence-corrected chi connectivity index (χ1v) is 44.7. The zero-order chi connectivity index (χ0) is 89.5. The normalized spacial score (nSPS) is 25.0. The molecule has 1 aliphatic carbocycles. The Bertz CT molecular complexity index is 5080. The summed E-state index contributed by atoms with van der Waals surface area (Å²) in [5, 5.41) is 22.5. The summed E-state index contributed by atoms with van der Waals surface area (Å²) in [6.45, 7) is 15.7. The Morgan fingerprint density at radius 1 is 0.693 bits per heavy atom. The molecule has 6 aliphatic rings. The molecule has 5 aromatic heterocycles.